The average Bonchev–Trinajstić information content (AvgIpc) is 2.43. The Morgan fingerprint density at radius 3 is 2.53 bits per heavy atom. The quantitative estimate of drug-likeness (QED) is 0.661. The minimum atomic E-state index is -3.42. The molecular formula is C12H27N3O3S. The molecule has 0 amide bonds. The highest BCUT2D eigenvalue weighted by Gasteiger charge is 2.21. The summed E-state index contributed by atoms with van der Waals surface area (Å²) >= 11 is 0. The fourth-order valence-electron chi connectivity index (χ4n) is 2.24. The molecule has 0 aliphatic carbocycles. The normalized spacial score (nSPS) is 19.8. The molecule has 2 N–H and O–H groups in total. The highest BCUT2D eigenvalue weighted by atomic mass is 32.2. The lowest BCUT2D eigenvalue weighted by atomic mass is 10.1. The third kappa shape index (κ3) is 5.74. The van der Waals surface area contributed by atoms with E-state index in [0.29, 0.717) is 19.5 Å². The maximum Gasteiger partial charge on any atom is 0.279 e. The van der Waals surface area contributed by atoms with E-state index < -0.39 is 10.2 Å². The van der Waals surface area contributed by atoms with E-state index in [1.165, 1.54) is 30.6 Å². The zero-order valence-electron chi connectivity index (χ0n) is 12.0. The molecule has 114 valence electrons. The number of rotatable bonds is 8. The van der Waals surface area contributed by atoms with Gasteiger partial charge in [-0.2, -0.15) is 12.7 Å². The van der Waals surface area contributed by atoms with Crippen LogP contribution in [0.25, 0.3) is 0 Å². The van der Waals surface area contributed by atoms with Crippen LogP contribution in [0.1, 0.15) is 32.6 Å². The van der Waals surface area contributed by atoms with Gasteiger partial charge >= 0.3 is 0 Å². The summed E-state index contributed by atoms with van der Waals surface area (Å²) in [6.07, 6.45) is 4.14. The second-order valence-electron chi connectivity index (χ2n) is 5.20. The Labute approximate surface area is 117 Å². The predicted octanol–water partition coefficient (Wildman–Crippen LogP) is 0.00940. The minimum Gasteiger partial charge on any atom is -0.396 e. The maximum atomic E-state index is 11.9. The molecular weight excluding hydrogens is 266 g/mol. The van der Waals surface area contributed by atoms with Crippen LogP contribution < -0.4 is 4.72 Å². The number of nitrogens with zero attached hydrogens (tertiary/aromatic N) is 2. The van der Waals surface area contributed by atoms with Crippen LogP contribution in [0.2, 0.25) is 0 Å². The summed E-state index contributed by atoms with van der Waals surface area (Å²) in [6.45, 7) is 4.95. The molecule has 1 aliphatic rings. The van der Waals surface area contributed by atoms with Crippen molar-refractivity contribution in [2.75, 3.05) is 39.8 Å². The van der Waals surface area contributed by atoms with Crippen LogP contribution in [0, 0.1) is 0 Å². The number of nitrogens with one attached hydrogen (secondary N) is 1. The summed E-state index contributed by atoms with van der Waals surface area (Å²) in [5.74, 6) is 0. The van der Waals surface area contributed by atoms with Gasteiger partial charge in [0, 0.05) is 32.8 Å². The molecule has 19 heavy (non-hydrogen) atoms. The molecule has 0 spiro atoms. The van der Waals surface area contributed by atoms with E-state index >= 15 is 0 Å². The van der Waals surface area contributed by atoms with Crippen molar-refractivity contribution in [1.29, 1.82) is 0 Å². The first-order valence-electron chi connectivity index (χ1n) is 7.03. The van der Waals surface area contributed by atoms with Crippen LogP contribution in [-0.4, -0.2) is 68.6 Å². The fraction of sp³-hybridized carbons (Fsp3) is 1.00. The summed E-state index contributed by atoms with van der Waals surface area (Å²) in [7, 11) is -1.89. The second kappa shape index (κ2) is 8.16. The predicted molar refractivity (Wildman–Crippen MR) is 76.1 cm³/mol. The number of aliphatic hydroxyl groups excluding tert-OH is 1. The summed E-state index contributed by atoms with van der Waals surface area (Å²) < 4.78 is 27.8. The molecule has 6 nitrogen and oxygen atoms in total. The van der Waals surface area contributed by atoms with Gasteiger partial charge in [-0.3, -0.25) is 4.90 Å². The number of likely N-dealkylation sites (tertiary alicyclic amines) is 1. The molecule has 0 bridgehead atoms. The Balaban J connectivity index is 2.36. The second-order valence-corrected chi connectivity index (χ2v) is 7.06. The number of hydrogen-bond acceptors (Lipinski definition) is 4. The lowest BCUT2D eigenvalue weighted by molar-refractivity contribution is 0.174. The fourth-order valence-corrected chi connectivity index (χ4v) is 3.28. The van der Waals surface area contributed by atoms with Crippen molar-refractivity contribution in [2.45, 2.75) is 38.6 Å². The van der Waals surface area contributed by atoms with E-state index in [0.717, 1.165) is 13.1 Å². The van der Waals surface area contributed by atoms with E-state index in [9.17, 15) is 8.42 Å². The third-order valence-corrected chi connectivity index (χ3v) is 5.15. The lowest BCUT2D eigenvalue weighted by Gasteiger charge is -2.32. The molecule has 1 heterocycles. The van der Waals surface area contributed by atoms with Gasteiger partial charge in [0.1, 0.15) is 0 Å². The maximum absolute atomic E-state index is 11.9. The van der Waals surface area contributed by atoms with Gasteiger partial charge in [0.05, 0.1) is 0 Å². The van der Waals surface area contributed by atoms with Crippen molar-refractivity contribution < 1.29 is 13.5 Å². The molecule has 1 fully saturated rings. The Morgan fingerprint density at radius 1 is 1.32 bits per heavy atom. The van der Waals surface area contributed by atoms with Crippen molar-refractivity contribution in [3.63, 3.8) is 0 Å². The summed E-state index contributed by atoms with van der Waals surface area (Å²) in [6, 6.07) is 0.223. The number of aliphatic hydroxyl groups is 1. The van der Waals surface area contributed by atoms with Crippen LogP contribution >= 0.6 is 0 Å². The molecule has 1 unspecified atom stereocenters. The first kappa shape index (κ1) is 16.8. The molecule has 0 radical (unpaired) electrons. The smallest absolute Gasteiger partial charge is 0.279 e. The first-order chi connectivity index (χ1) is 8.97. The van der Waals surface area contributed by atoms with Crippen LogP contribution in [0.15, 0.2) is 0 Å². The zero-order valence-corrected chi connectivity index (χ0v) is 12.8. The molecule has 0 aromatic carbocycles. The van der Waals surface area contributed by atoms with E-state index in [1.807, 2.05) is 0 Å². The van der Waals surface area contributed by atoms with Crippen molar-refractivity contribution >= 4 is 10.2 Å². The lowest BCUT2D eigenvalue weighted by Crippen LogP contribution is -2.47. The Bertz CT molecular complexity index is 342. The third-order valence-electron chi connectivity index (χ3n) is 3.62. The molecule has 7 heteroatoms. The molecule has 1 rings (SSSR count). The topological polar surface area (TPSA) is 72.9 Å². The van der Waals surface area contributed by atoms with Crippen LogP contribution in [-0.2, 0) is 10.2 Å². The van der Waals surface area contributed by atoms with Crippen molar-refractivity contribution in [3.8, 4) is 0 Å². The first-order valence-corrected chi connectivity index (χ1v) is 8.47. The molecule has 1 atom stereocenters. The molecule has 1 saturated heterocycles. The van der Waals surface area contributed by atoms with Crippen LogP contribution in [0.3, 0.4) is 0 Å². The van der Waals surface area contributed by atoms with E-state index in [4.69, 9.17) is 5.11 Å². The van der Waals surface area contributed by atoms with Crippen molar-refractivity contribution in [1.82, 2.24) is 13.9 Å². The van der Waals surface area contributed by atoms with Crippen LogP contribution in [0.5, 0.6) is 0 Å². The molecule has 0 saturated carbocycles. The monoisotopic (exact) mass is 293 g/mol. The van der Waals surface area contributed by atoms with Gasteiger partial charge in [-0.25, -0.2) is 4.72 Å². The molecule has 0 aromatic rings. The van der Waals surface area contributed by atoms with Crippen LogP contribution in [0.4, 0.5) is 0 Å². The van der Waals surface area contributed by atoms with E-state index in [-0.39, 0.29) is 12.6 Å². The zero-order chi connectivity index (χ0) is 14.3. The van der Waals surface area contributed by atoms with Gasteiger partial charge in [0.2, 0.25) is 0 Å². The summed E-state index contributed by atoms with van der Waals surface area (Å²) in [5, 5.41) is 8.72. The van der Waals surface area contributed by atoms with Crippen molar-refractivity contribution in [3.05, 3.63) is 0 Å². The minimum absolute atomic E-state index is 0.00401. The average molecular weight is 293 g/mol. The van der Waals surface area contributed by atoms with Gasteiger partial charge in [-0.1, -0.05) is 6.42 Å². The van der Waals surface area contributed by atoms with E-state index in [2.05, 4.69) is 16.5 Å². The van der Waals surface area contributed by atoms with Crippen molar-refractivity contribution in [2.24, 2.45) is 0 Å². The van der Waals surface area contributed by atoms with Gasteiger partial charge < -0.3 is 5.11 Å². The number of hydrogen-bond donors (Lipinski definition) is 2. The van der Waals surface area contributed by atoms with Gasteiger partial charge in [0.25, 0.3) is 10.2 Å². The van der Waals surface area contributed by atoms with Gasteiger partial charge in [-0.15, -0.1) is 0 Å². The Hall–Kier alpha value is -0.210. The number of piperidine rings is 1. The van der Waals surface area contributed by atoms with Gasteiger partial charge in [-0.05, 0) is 39.3 Å². The molecule has 1 aliphatic heterocycles. The largest absolute Gasteiger partial charge is 0.396 e. The van der Waals surface area contributed by atoms with Gasteiger partial charge in [0.15, 0.2) is 0 Å². The summed E-state index contributed by atoms with van der Waals surface area (Å²) in [5.41, 5.74) is 0. The van der Waals surface area contributed by atoms with E-state index in [1.54, 1.807) is 0 Å². The Morgan fingerprint density at radius 2 is 1.95 bits per heavy atom. The Kier molecular flexibility index (Phi) is 7.23. The standard InChI is InChI=1S/C12H27N3O3S/c1-12(15-8-4-3-5-9-15)11-13-19(17,18)14(2)7-6-10-16/h12-13,16H,3-11H2,1-2H3. The SMILES string of the molecule is CC(CNS(=O)(=O)N(C)CCCO)N1CCCCC1. The highest BCUT2D eigenvalue weighted by Crippen LogP contribution is 2.11. The molecule has 0 aromatic heterocycles. The summed E-state index contributed by atoms with van der Waals surface area (Å²) in [4.78, 5) is 2.33. The highest BCUT2D eigenvalue weighted by molar-refractivity contribution is 7.87.